The molecule has 1 N–H and O–H groups in total. The predicted octanol–water partition coefficient (Wildman–Crippen LogP) is 5.56. The molecule has 7 nitrogen and oxygen atoms in total. The molecule has 7 heteroatoms. The molecule has 0 bridgehead atoms. The second kappa shape index (κ2) is 14.9. The lowest BCUT2D eigenvalue weighted by atomic mass is 9.88. The van der Waals surface area contributed by atoms with Crippen molar-refractivity contribution >= 4 is 11.9 Å². The summed E-state index contributed by atoms with van der Waals surface area (Å²) in [6, 6.07) is 16.1. The zero-order valence-corrected chi connectivity index (χ0v) is 24.6. The minimum atomic E-state index is -0.527. The lowest BCUT2D eigenvalue weighted by Crippen LogP contribution is -2.47. The van der Waals surface area contributed by atoms with Gasteiger partial charge in [0.25, 0.3) is 0 Å². The zero-order chi connectivity index (χ0) is 29.1. The van der Waals surface area contributed by atoms with Crippen LogP contribution in [0.4, 0.5) is 0 Å². The number of carbonyl (C=O) groups excluding carboxylic acids is 2. The van der Waals surface area contributed by atoms with E-state index in [0.717, 1.165) is 24.8 Å². The van der Waals surface area contributed by atoms with E-state index in [0.29, 0.717) is 43.2 Å². The highest BCUT2D eigenvalue weighted by Crippen LogP contribution is 2.32. The maximum Gasteiger partial charge on any atom is 0.306 e. The van der Waals surface area contributed by atoms with Crippen molar-refractivity contribution in [1.82, 2.24) is 5.32 Å². The Morgan fingerprint density at radius 2 is 1.80 bits per heavy atom. The van der Waals surface area contributed by atoms with Crippen LogP contribution in [0, 0.1) is 23.2 Å². The minimum absolute atomic E-state index is 0.109. The number of benzene rings is 2. The summed E-state index contributed by atoms with van der Waals surface area (Å²) in [5.41, 5.74) is 3.97. The Hall–Kier alpha value is -3.37. The molecule has 3 rings (SSSR count). The van der Waals surface area contributed by atoms with Crippen LogP contribution in [0.5, 0.6) is 5.75 Å². The summed E-state index contributed by atoms with van der Waals surface area (Å²) >= 11 is 0. The van der Waals surface area contributed by atoms with Crippen LogP contribution >= 0.6 is 0 Å². The molecule has 2 aromatic carbocycles. The van der Waals surface area contributed by atoms with Gasteiger partial charge in [-0.05, 0) is 87.1 Å². The third-order valence-corrected chi connectivity index (χ3v) is 7.13. The molecule has 0 saturated heterocycles. The minimum Gasteiger partial charge on any atom is -0.488 e. The Labute approximate surface area is 239 Å². The van der Waals surface area contributed by atoms with Crippen molar-refractivity contribution in [3.8, 4) is 11.8 Å². The number of hydrogen-bond donors (Lipinski definition) is 1. The van der Waals surface area contributed by atoms with Crippen molar-refractivity contribution in [2.45, 2.75) is 84.8 Å². The van der Waals surface area contributed by atoms with Gasteiger partial charge in [0.15, 0.2) is 0 Å². The first-order chi connectivity index (χ1) is 19.1. The Balaban J connectivity index is 1.63. The molecule has 0 aromatic heterocycles. The van der Waals surface area contributed by atoms with E-state index in [4.69, 9.17) is 14.2 Å². The van der Waals surface area contributed by atoms with Gasteiger partial charge < -0.3 is 19.5 Å². The number of esters is 2. The highest BCUT2D eigenvalue weighted by molar-refractivity contribution is 5.70. The van der Waals surface area contributed by atoms with Gasteiger partial charge in [-0.3, -0.25) is 9.59 Å². The van der Waals surface area contributed by atoms with Crippen LogP contribution in [-0.2, 0) is 38.3 Å². The van der Waals surface area contributed by atoms with Gasteiger partial charge in [0.05, 0.1) is 12.2 Å². The van der Waals surface area contributed by atoms with E-state index < -0.39 is 6.10 Å². The van der Waals surface area contributed by atoms with Gasteiger partial charge in [-0.15, -0.1) is 0 Å². The Morgan fingerprint density at radius 1 is 1.10 bits per heavy atom. The van der Waals surface area contributed by atoms with Gasteiger partial charge >= 0.3 is 11.9 Å². The fourth-order valence-electron chi connectivity index (χ4n) is 5.28. The molecule has 1 atom stereocenters. The number of aryl methyl sites for hydroxylation is 1. The van der Waals surface area contributed by atoms with E-state index in [1.54, 1.807) is 19.1 Å². The number of ether oxygens (including phenoxy) is 3. The fraction of sp³-hybridized carbons (Fsp3) is 0.545. The van der Waals surface area contributed by atoms with Crippen molar-refractivity contribution in [3.63, 3.8) is 0 Å². The molecule has 216 valence electrons. The highest BCUT2D eigenvalue weighted by atomic mass is 16.6. The first-order valence-electron chi connectivity index (χ1n) is 14.4. The van der Waals surface area contributed by atoms with Crippen LogP contribution < -0.4 is 10.1 Å². The normalized spacial score (nSPS) is 13.9. The summed E-state index contributed by atoms with van der Waals surface area (Å²) in [6.07, 6.45) is 3.69. The van der Waals surface area contributed by atoms with Crippen molar-refractivity contribution in [2.75, 3.05) is 19.8 Å². The van der Waals surface area contributed by atoms with Crippen LogP contribution in [0.3, 0.4) is 0 Å². The summed E-state index contributed by atoms with van der Waals surface area (Å²) < 4.78 is 16.9. The molecular weight excluding hydrogens is 504 g/mol. The summed E-state index contributed by atoms with van der Waals surface area (Å²) in [5.74, 6) is 0.633. The van der Waals surface area contributed by atoms with Crippen molar-refractivity contribution in [3.05, 3.63) is 64.7 Å². The van der Waals surface area contributed by atoms with E-state index >= 15 is 0 Å². The van der Waals surface area contributed by atoms with Crippen molar-refractivity contribution < 1.29 is 23.8 Å². The number of nitriles is 1. The van der Waals surface area contributed by atoms with E-state index in [9.17, 15) is 14.9 Å². The van der Waals surface area contributed by atoms with Gasteiger partial charge in [-0.1, -0.05) is 44.2 Å². The van der Waals surface area contributed by atoms with Gasteiger partial charge in [0.2, 0.25) is 0 Å². The average Bonchev–Trinajstić information content (AvgIpc) is 3.30. The van der Waals surface area contributed by atoms with Gasteiger partial charge in [0, 0.05) is 24.9 Å². The second-order valence-electron chi connectivity index (χ2n) is 11.8. The Morgan fingerprint density at radius 3 is 2.42 bits per heavy atom. The number of hydrogen-bond acceptors (Lipinski definition) is 7. The summed E-state index contributed by atoms with van der Waals surface area (Å²) in [6.45, 7) is 11.0. The standard InChI is InChI=1S/C33H44N2O5/c1-6-38-31(36)14-12-24-11-13-28(20-34)30(18-24)39-22-29(40-32(37)15-23(2)3)21-35-33(4,5)19-25-16-26-9-7-8-10-27(26)17-25/h7-11,13,18,23,25,29,35H,6,12,14-17,19,21-22H2,1-5H3. The molecule has 0 heterocycles. The van der Waals surface area contributed by atoms with E-state index in [-0.39, 0.29) is 36.4 Å². The topological polar surface area (TPSA) is 97.7 Å². The Kier molecular flexibility index (Phi) is 11.6. The number of nitrogens with one attached hydrogen (secondary N) is 1. The molecule has 2 aromatic rings. The van der Waals surface area contributed by atoms with Crippen LogP contribution in [0.25, 0.3) is 0 Å². The fourth-order valence-corrected chi connectivity index (χ4v) is 5.28. The monoisotopic (exact) mass is 548 g/mol. The largest absolute Gasteiger partial charge is 0.488 e. The smallest absolute Gasteiger partial charge is 0.306 e. The lowest BCUT2D eigenvalue weighted by Gasteiger charge is -2.31. The average molecular weight is 549 g/mol. The maximum atomic E-state index is 12.6. The number of nitrogens with zero attached hydrogens (tertiary/aromatic N) is 1. The Bertz CT molecular complexity index is 1160. The second-order valence-corrected chi connectivity index (χ2v) is 11.8. The molecule has 0 aliphatic heterocycles. The lowest BCUT2D eigenvalue weighted by molar-refractivity contribution is -0.151. The molecule has 0 spiro atoms. The van der Waals surface area contributed by atoms with Gasteiger partial charge in [-0.2, -0.15) is 5.26 Å². The summed E-state index contributed by atoms with van der Waals surface area (Å²) in [5, 5.41) is 13.2. The summed E-state index contributed by atoms with van der Waals surface area (Å²) in [4.78, 5) is 24.4. The van der Waals surface area contributed by atoms with Crippen LogP contribution in [-0.4, -0.2) is 43.3 Å². The maximum absolute atomic E-state index is 12.6. The molecule has 0 fully saturated rings. The van der Waals surface area contributed by atoms with Crippen LogP contribution in [0.15, 0.2) is 42.5 Å². The van der Waals surface area contributed by atoms with E-state index in [1.165, 1.54) is 11.1 Å². The van der Waals surface area contributed by atoms with Gasteiger partial charge in [-0.25, -0.2) is 0 Å². The molecule has 1 aliphatic rings. The van der Waals surface area contributed by atoms with Gasteiger partial charge in [0.1, 0.15) is 24.5 Å². The molecular formula is C33H44N2O5. The van der Waals surface area contributed by atoms with Crippen molar-refractivity contribution in [1.29, 1.82) is 5.26 Å². The van der Waals surface area contributed by atoms with E-state index in [2.05, 4.69) is 49.5 Å². The quantitative estimate of drug-likeness (QED) is 0.291. The van der Waals surface area contributed by atoms with E-state index in [1.807, 2.05) is 19.9 Å². The van der Waals surface area contributed by atoms with Crippen molar-refractivity contribution in [2.24, 2.45) is 11.8 Å². The zero-order valence-electron chi connectivity index (χ0n) is 24.6. The molecule has 0 saturated carbocycles. The molecule has 0 radical (unpaired) electrons. The number of carbonyl (C=O) groups is 2. The first-order valence-corrected chi connectivity index (χ1v) is 14.4. The number of fused-ring (bicyclic) bond motifs is 1. The molecule has 40 heavy (non-hydrogen) atoms. The summed E-state index contributed by atoms with van der Waals surface area (Å²) in [7, 11) is 0. The third-order valence-electron chi connectivity index (χ3n) is 7.13. The first kappa shape index (κ1) is 31.2. The highest BCUT2D eigenvalue weighted by Gasteiger charge is 2.29. The number of rotatable bonds is 15. The van der Waals surface area contributed by atoms with Crippen LogP contribution in [0.1, 0.15) is 76.1 Å². The molecule has 1 unspecified atom stereocenters. The molecule has 0 amide bonds. The SMILES string of the molecule is CCOC(=O)CCc1ccc(C#N)c(OCC(CNC(C)(C)CC2Cc3ccccc3C2)OC(=O)CC(C)C)c1. The molecule has 1 aliphatic carbocycles. The third kappa shape index (κ3) is 9.98. The predicted molar refractivity (Wildman–Crippen MR) is 155 cm³/mol. The van der Waals surface area contributed by atoms with Crippen LogP contribution in [0.2, 0.25) is 0 Å².